The predicted octanol–water partition coefficient (Wildman–Crippen LogP) is 1.36. The molecule has 104 valence electrons. The second-order valence-corrected chi connectivity index (χ2v) is 6.96. The average molecular weight is 321 g/mol. The van der Waals surface area contributed by atoms with Gasteiger partial charge in [0.05, 0.1) is 11.3 Å². The maximum absolute atomic E-state index is 12.0. The zero-order valence-electron chi connectivity index (χ0n) is 10.4. The Morgan fingerprint density at radius 1 is 1.53 bits per heavy atom. The minimum atomic E-state index is -3.67. The van der Waals surface area contributed by atoms with Crippen LogP contribution >= 0.6 is 22.9 Å². The van der Waals surface area contributed by atoms with Crippen molar-refractivity contribution in [2.24, 2.45) is 7.05 Å². The molecule has 0 aliphatic rings. The van der Waals surface area contributed by atoms with Gasteiger partial charge in [0.25, 0.3) is 10.0 Å². The van der Waals surface area contributed by atoms with Gasteiger partial charge in [0.15, 0.2) is 0 Å². The summed E-state index contributed by atoms with van der Waals surface area (Å²) in [4.78, 5) is 8.05. The van der Waals surface area contributed by atoms with Crippen LogP contribution in [0, 0.1) is 6.92 Å². The van der Waals surface area contributed by atoms with E-state index in [1.807, 2.05) is 12.3 Å². The summed E-state index contributed by atoms with van der Waals surface area (Å²) in [5.41, 5.74) is 0.940. The van der Waals surface area contributed by atoms with E-state index in [0.29, 0.717) is 6.42 Å². The molecule has 0 atom stereocenters. The van der Waals surface area contributed by atoms with E-state index in [4.69, 9.17) is 11.6 Å². The average Bonchev–Trinajstić information content (AvgIpc) is 2.87. The molecule has 0 unspecified atom stereocenters. The lowest BCUT2D eigenvalue weighted by molar-refractivity contribution is 0.578. The quantitative estimate of drug-likeness (QED) is 0.902. The molecule has 19 heavy (non-hydrogen) atoms. The van der Waals surface area contributed by atoms with E-state index in [2.05, 4.69) is 14.7 Å². The third-order valence-electron chi connectivity index (χ3n) is 2.39. The van der Waals surface area contributed by atoms with Crippen molar-refractivity contribution in [3.05, 3.63) is 27.6 Å². The van der Waals surface area contributed by atoms with Crippen LogP contribution in [0.25, 0.3) is 0 Å². The van der Waals surface area contributed by atoms with Crippen molar-refractivity contribution in [3.8, 4) is 0 Å². The molecule has 0 saturated heterocycles. The number of nitrogens with one attached hydrogen (secondary N) is 1. The van der Waals surface area contributed by atoms with Crippen LogP contribution < -0.4 is 4.72 Å². The SMILES string of the molecule is Cc1csc(CCNS(=O)(=O)c2ncn(C)c2Cl)n1. The first-order valence-electron chi connectivity index (χ1n) is 5.47. The van der Waals surface area contributed by atoms with E-state index in [1.165, 1.54) is 22.2 Å². The molecule has 0 radical (unpaired) electrons. The lowest BCUT2D eigenvalue weighted by Crippen LogP contribution is -2.26. The fraction of sp³-hybridized carbons (Fsp3) is 0.400. The number of aryl methyl sites for hydroxylation is 2. The van der Waals surface area contributed by atoms with Gasteiger partial charge >= 0.3 is 0 Å². The van der Waals surface area contributed by atoms with Gasteiger partial charge in [-0.15, -0.1) is 11.3 Å². The predicted molar refractivity (Wildman–Crippen MR) is 74.0 cm³/mol. The highest BCUT2D eigenvalue weighted by atomic mass is 35.5. The highest BCUT2D eigenvalue weighted by molar-refractivity contribution is 7.89. The maximum atomic E-state index is 12.0. The van der Waals surface area contributed by atoms with Crippen molar-refractivity contribution in [1.82, 2.24) is 19.3 Å². The molecule has 0 saturated carbocycles. The molecule has 0 aromatic carbocycles. The fourth-order valence-corrected chi connectivity index (χ4v) is 3.68. The van der Waals surface area contributed by atoms with Gasteiger partial charge in [-0.25, -0.2) is 23.1 Å². The Bertz CT molecular complexity index is 678. The first-order valence-corrected chi connectivity index (χ1v) is 8.21. The molecule has 2 heterocycles. The maximum Gasteiger partial charge on any atom is 0.261 e. The van der Waals surface area contributed by atoms with Crippen molar-refractivity contribution in [2.45, 2.75) is 18.4 Å². The van der Waals surface area contributed by atoms with Gasteiger partial charge in [0.2, 0.25) is 5.03 Å². The zero-order chi connectivity index (χ0) is 14.0. The normalized spacial score (nSPS) is 11.9. The van der Waals surface area contributed by atoms with Gasteiger partial charge in [-0.2, -0.15) is 0 Å². The van der Waals surface area contributed by atoms with Gasteiger partial charge in [-0.1, -0.05) is 11.6 Å². The summed E-state index contributed by atoms with van der Waals surface area (Å²) in [6, 6.07) is 0. The van der Waals surface area contributed by atoms with E-state index in [-0.39, 0.29) is 16.7 Å². The molecule has 2 aromatic rings. The second kappa shape index (κ2) is 5.58. The van der Waals surface area contributed by atoms with Gasteiger partial charge in [-0.05, 0) is 6.92 Å². The Balaban J connectivity index is 2.00. The smallest absolute Gasteiger partial charge is 0.261 e. The van der Waals surface area contributed by atoms with Gasteiger partial charge in [0.1, 0.15) is 5.15 Å². The molecule has 0 aliphatic heterocycles. The Morgan fingerprint density at radius 3 is 2.79 bits per heavy atom. The first kappa shape index (κ1) is 14.4. The van der Waals surface area contributed by atoms with Crippen molar-refractivity contribution in [1.29, 1.82) is 0 Å². The first-order chi connectivity index (χ1) is 8.90. The monoisotopic (exact) mass is 320 g/mol. The fourth-order valence-electron chi connectivity index (χ4n) is 1.45. The molecule has 0 bridgehead atoms. The van der Waals surface area contributed by atoms with Crippen molar-refractivity contribution >= 4 is 33.0 Å². The highest BCUT2D eigenvalue weighted by Crippen LogP contribution is 2.18. The number of sulfonamides is 1. The van der Waals surface area contributed by atoms with Crippen LogP contribution in [0.5, 0.6) is 0 Å². The molecule has 2 aromatic heterocycles. The molecule has 2 rings (SSSR count). The van der Waals surface area contributed by atoms with Crippen molar-refractivity contribution < 1.29 is 8.42 Å². The lowest BCUT2D eigenvalue weighted by Gasteiger charge is -2.03. The third-order valence-corrected chi connectivity index (χ3v) is 5.36. The highest BCUT2D eigenvalue weighted by Gasteiger charge is 2.21. The van der Waals surface area contributed by atoms with Crippen LogP contribution in [0.15, 0.2) is 16.7 Å². The number of rotatable bonds is 5. The standard InChI is InChI=1S/C10H13ClN4O2S2/c1-7-5-18-8(14-7)3-4-13-19(16,17)10-9(11)15(2)6-12-10/h5-6,13H,3-4H2,1-2H3. The largest absolute Gasteiger partial charge is 0.324 e. The summed E-state index contributed by atoms with van der Waals surface area (Å²) in [7, 11) is -2.04. The summed E-state index contributed by atoms with van der Waals surface area (Å²) in [6.45, 7) is 2.17. The number of imidazole rings is 1. The van der Waals surface area contributed by atoms with Crippen LogP contribution in [0.1, 0.15) is 10.7 Å². The number of thiazole rings is 1. The van der Waals surface area contributed by atoms with Crippen LogP contribution in [-0.2, 0) is 23.5 Å². The Hall–Kier alpha value is -0.960. The van der Waals surface area contributed by atoms with Crippen molar-refractivity contribution in [3.63, 3.8) is 0 Å². The summed E-state index contributed by atoms with van der Waals surface area (Å²) >= 11 is 7.38. The third kappa shape index (κ3) is 3.33. The molecule has 0 aliphatic carbocycles. The zero-order valence-corrected chi connectivity index (χ0v) is 12.8. The van der Waals surface area contributed by atoms with Gasteiger partial charge < -0.3 is 4.57 Å². The van der Waals surface area contributed by atoms with Crippen molar-refractivity contribution in [2.75, 3.05) is 6.54 Å². The van der Waals surface area contributed by atoms with Crippen LogP contribution in [0.3, 0.4) is 0 Å². The number of hydrogen-bond acceptors (Lipinski definition) is 5. The summed E-state index contributed by atoms with van der Waals surface area (Å²) in [5, 5.41) is 2.77. The topological polar surface area (TPSA) is 76.9 Å². The minimum Gasteiger partial charge on any atom is -0.324 e. The number of nitrogens with zero attached hydrogens (tertiary/aromatic N) is 3. The molecule has 0 amide bonds. The summed E-state index contributed by atoms with van der Waals surface area (Å²) in [5.74, 6) is 0. The van der Waals surface area contributed by atoms with E-state index in [9.17, 15) is 8.42 Å². The number of halogens is 1. The molecule has 0 spiro atoms. The van der Waals surface area contributed by atoms with E-state index < -0.39 is 10.0 Å². The van der Waals surface area contributed by atoms with E-state index in [1.54, 1.807) is 7.05 Å². The van der Waals surface area contributed by atoms with Crippen LogP contribution in [-0.4, -0.2) is 29.5 Å². The van der Waals surface area contributed by atoms with E-state index in [0.717, 1.165) is 10.7 Å². The van der Waals surface area contributed by atoms with E-state index >= 15 is 0 Å². The Morgan fingerprint density at radius 2 is 2.26 bits per heavy atom. The molecule has 9 heteroatoms. The molecule has 1 N–H and O–H groups in total. The second-order valence-electron chi connectivity index (χ2n) is 3.98. The Kier molecular flexibility index (Phi) is 4.24. The minimum absolute atomic E-state index is 0.0950. The molecule has 6 nitrogen and oxygen atoms in total. The molecular formula is C10H13ClN4O2S2. The summed E-state index contributed by atoms with van der Waals surface area (Å²) < 4.78 is 27.9. The summed E-state index contributed by atoms with van der Waals surface area (Å²) in [6.07, 6.45) is 1.91. The molecular weight excluding hydrogens is 308 g/mol. The Labute approximate surface area is 120 Å². The molecule has 0 fully saturated rings. The number of aromatic nitrogens is 3. The van der Waals surface area contributed by atoms with Crippen LogP contribution in [0.2, 0.25) is 5.15 Å². The van der Waals surface area contributed by atoms with Gasteiger partial charge in [-0.3, -0.25) is 0 Å². The van der Waals surface area contributed by atoms with Gasteiger partial charge in [0, 0.05) is 31.1 Å². The lowest BCUT2D eigenvalue weighted by atomic mass is 10.4. The van der Waals surface area contributed by atoms with Crippen LogP contribution in [0.4, 0.5) is 0 Å². The number of hydrogen-bond donors (Lipinski definition) is 1.